The molecule has 1 aliphatic heterocycles. The summed E-state index contributed by atoms with van der Waals surface area (Å²) in [7, 11) is 0. The molecule has 0 spiro atoms. The SMILES string of the molecule is CC(=O)N1N=C(c2scnc2C)OC1c1ccccc1. The molecule has 20 heavy (non-hydrogen) atoms. The number of carbonyl (C=O) groups is 1. The highest BCUT2D eigenvalue weighted by Gasteiger charge is 2.34. The van der Waals surface area contributed by atoms with Crippen molar-refractivity contribution in [2.45, 2.75) is 20.1 Å². The summed E-state index contributed by atoms with van der Waals surface area (Å²) >= 11 is 1.45. The lowest BCUT2D eigenvalue weighted by Crippen LogP contribution is -2.25. The lowest BCUT2D eigenvalue weighted by molar-refractivity contribution is -0.135. The van der Waals surface area contributed by atoms with Crippen molar-refractivity contribution in [3.05, 3.63) is 52.0 Å². The van der Waals surface area contributed by atoms with Gasteiger partial charge in [-0.15, -0.1) is 16.4 Å². The molecular weight excluding hydrogens is 274 g/mol. The number of benzene rings is 1. The lowest BCUT2D eigenvalue weighted by atomic mass is 10.2. The van der Waals surface area contributed by atoms with Gasteiger partial charge in [-0.05, 0) is 6.92 Å². The van der Waals surface area contributed by atoms with Crippen molar-refractivity contribution in [2.24, 2.45) is 5.10 Å². The average molecular weight is 287 g/mol. The van der Waals surface area contributed by atoms with Crippen molar-refractivity contribution >= 4 is 23.1 Å². The Balaban J connectivity index is 1.96. The topological polar surface area (TPSA) is 54.8 Å². The van der Waals surface area contributed by atoms with Gasteiger partial charge in [0.2, 0.25) is 12.1 Å². The molecule has 1 atom stereocenters. The number of aromatic nitrogens is 1. The number of rotatable bonds is 2. The monoisotopic (exact) mass is 287 g/mol. The molecule has 1 aliphatic rings. The molecule has 1 unspecified atom stereocenters. The fraction of sp³-hybridized carbons (Fsp3) is 0.214. The van der Waals surface area contributed by atoms with Gasteiger partial charge in [0.1, 0.15) is 4.88 Å². The van der Waals surface area contributed by atoms with Crippen LogP contribution in [0, 0.1) is 6.92 Å². The predicted molar refractivity (Wildman–Crippen MR) is 76.2 cm³/mol. The first kappa shape index (κ1) is 12.8. The van der Waals surface area contributed by atoms with Crippen LogP contribution in [0.2, 0.25) is 0 Å². The molecule has 102 valence electrons. The highest BCUT2D eigenvalue weighted by Crippen LogP contribution is 2.31. The van der Waals surface area contributed by atoms with Gasteiger partial charge in [0.05, 0.1) is 11.2 Å². The van der Waals surface area contributed by atoms with Crippen molar-refractivity contribution in [2.75, 3.05) is 0 Å². The molecule has 6 heteroatoms. The van der Waals surface area contributed by atoms with Gasteiger partial charge in [-0.1, -0.05) is 30.3 Å². The zero-order chi connectivity index (χ0) is 14.1. The second-order valence-electron chi connectivity index (χ2n) is 4.42. The normalized spacial score (nSPS) is 17.8. The number of hydrogen-bond acceptors (Lipinski definition) is 5. The van der Waals surface area contributed by atoms with Gasteiger partial charge in [0, 0.05) is 12.5 Å². The Kier molecular flexibility index (Phi) is 3.23. The number of amides is 1. The van der Waals surface area contributed by atoms with Crippen LogP contribution in [0.25, 0.3) is 0 Å². The van der Waals surface area contributed by atoms with Crippen molar-refractivity contribution < 1.29 is 9.53 Å². The van der Waals surface area contributed by atoms with Crippen LogP contribution >= 0.6 is 11.3 Å². The minimum atomic E-state index is -0.509. The van der Waals surface area contributed by atoms with Crippen LogP contribution in [-0.2, 0) is 9.53 Å². The summed E-state index contributed by atoms with van der Waals surface area (Å²) in [4.78, 5) is 16.8. The molecule has 3 rings (SSSR count). The first-order valence-corrected chi connectivity index (χ1v) is 7.05. The van der Waals surface area contributed by atoms with Crippen LogP contribution in [0.15, 0.2) is 40.9 Å². The Labute approximate surface area is 120 Å². The van der Waals surface area contributed by atoms with E-state index in [0.29, 0.717) is 5.90 Å². The van der Waals surface area contributed by atoms with Gasteiger partial charge in [-0.25, -0.2) is 4.98 Å². The molecule has 0 saturated carbocycles. The molecular formula is C14H13N3O2S. The maximum Gasteiger partial charge on any atom is 0.253 e. The van der Waals surface area contributed by atoms with Crippen molar-refractivity contribution in [1.29, 1.82) is 0 Å². The minimum Gasteiger partial charge on any atom is -0.445 e. The van der Waals surface area contributed by atoms with Gasteiger partial charge in [0.25, 0.3) is 5.90 Å². The van der Waals surface area contributed by atoms with Crippen LogP contribution < -0.4 is 0 Å². The largest absolute Gasteiger partial charge is 0.445 e. The first-order valence-electron chi connectivity index (χ1n) is 6.17. The second-order valence-corrected chi connectivity index (χ2v) is 5.27. The van der Waals surface area contributed by atoms with E-state index >= 15 is 0 Å². The van der Waals surface area contributed by atoms with Gasteiger partial charge >= 0.3 is 0 Å². The zero-order valence-corrected chi connectivity index (χ0v) is 11.9. The number of ether oxygens (including phenoxy) is 1. The van der Waals surface area contributed by atoms with Gasteiger partial charge in [0.15, 0.2) is 0 Å². The minimum absolute atomic E-state index is 0.156. The van der Waals surface area contributed by atoms with Gasteiger partial charge in [-0.3, -0.25) is 4.79 Å². The first-order chi connectivity index (χ1) is 9.66. The molecule has 0 fully saturated rings. The van der Waals surface area contributed by atoms with E-state index in [1.165, 1.54) is 23.3 Å². The summed E-state index contributed by atoms with van der Waals surface area (Å²) in [6, 6.07) is 9.57. The summed E-state index contributed by atoms with van der Waals surface area (Å²) in [5, 5.41) is 5.66. The number of aryl methyl sites for hydroxylation is 1. The molecule has 1 aromatic carbocycles. The summed E-state index contributed by atoms with van der Waals surface area (Å²) in [5.74, 6) is 0.296. The molecule has 2 heterocycles. The number of hydrazone groups is 1. The van der Waals surface area contributed by atoms with E-state index in [2.05, 4.69) is 10.1 Å². The van der Waals surface area contributed by atoms with E-state index in [9.17, 15) is 4.79 Å². The van der Waals surface area contributed by atoms with E-state index in [4.69, 9.17) is 4.74 Å². The summed E-state index contributed by atoms with van der Waals surface area (Å²) in [5.41, 5.74) is 3.49. The Morgan fingerprint density at radius 2 is 2.10 bits per heavy atom. The Morgan fingerprint density at radius 3 is 2.70 bits per heavy atom. The number of thiazole rings is 1. The third kappa shape index (κ3) is 2.18. The van der Waals surface area contributed by atoms with E-state index < -0.39 is 6.23 Å². The zero-order valence-electron chi connectivity index (χ0n) is 11.1. The average Bonchev–Trinajstić information content (AvgIpc) is 3.05. The number of nitrogens with zero attached hydrogens (tertiary/aromatic N) is 3. The Morgan fingerprint density at radius 1 is 1.35 bits per heavy atom. The van der Waals surface area contributed by atoms with Gasteiger partial charge in [-0.2, -0.15) is 5.01 Å². The van der Waals surface area contributed by atoms with Crippen LogP contribution in [-0.4, -0.2) is 21.8 Å². The molecule has 0 bridgehead atoms. The molecule has 1 amide bonds. The molecule has 5 nitrogen and oxygen atoms in total. The van der Waals surface area contributed by atoms with Crippen molar-refractivity contribution in [3.63, 3.8) is 0 Å². The predicted octanol–water partition coefficient (Wildman–Crippen LogP) is 2.69. The maximum absolute atomic E-state index is 11.8. The van der Waals surface area contributed by atoms with Crippen LogP contribution in [0.3, 0.4) is 0 Å². The van der Waals surface area contributed by atoms with Crippen LogP contribution in [0.5, 0.6) is 0 Å². The van der Waals surface area contributed by atoms with Crippen molar-refractivity contribution in [1.82, 2.24) is 9.99 Å². The molecule has 0 aliphatic carbocycles. The quantitative estimate of drug-likeness (QED) is 0.853. The van der Waals surface area contributed by atoms with Crippen LogP contribution in [0.1, 0.15) is 29.3 Å². The Bertz CT molecular complexity index is 666. The van der Waals surface area contributed by atoms with E-state index in [0.717, 1.165) is 16.1 Å². The summed E-state index contributed by atoms with van der Waals surface area (Å²) < 4.78 is 5.87. The summed E-state index contributed by atoms with van der Waals surface area (Å²) in [6.45, 7) is 3.37. The van der Waals surface area contributed by atoms with Gasteiger partial charge < -0.3 is 4.74 Å². The third-order valence-corrected chi connectivity index (χ3v) is 3.91. The standard InChI is InChI=1S/C14H13N3O2S/c1-9-12(20-8-15-9)13-16-17(10(2)18)14(19-13)11-6-4-3-5-7-11/h3-8,14H,1-2H3. The molecule has 0 saturated heterocycles. The lowest BCUT2D eigenvalue weighted by Gasteiger charge is -2.18. The molecule has 0 N–H and O–H groups in total. The van der Waals surface area contributed by atoms with E-state index in [-0.39, 0.29) is 5.91 Å². The molecule has 0 radical (unpaired) electrons. The van der Waals surface area contributed by atoms with Crippen molar-refractivity contribution in [3.8, 4) is 0 Å². The fourth-order valence-corrected chi connectivity index (χ4v) is 2.73. The smallest absolute Gasteiger partial charge is 0.253 e. The molecule has 1 aromatic heterocycles. The van der Waals surface area contributed by atoms with E-state index in [1.807, 2.05) is 37.3 Å². The maximum atomic E-state index is 11.8. The highest BCUT2D eigenvalue weighted by atomic mass is 32.1. The Hall–Kier alpha value is -2.21. The summed E-state index contributed by atoms with van der Waals surface area (Å²) in [6.07, 6.45) is -0.509. The number of carbonyl (C=O) groups excluding carboxylic acids is 1. The fourth-order valence-electron chi connectivity index (χ4n) is 2.00. The third-order valence-electron chi connectivity index (χ3n) is 2.99. The van der Waals surface area contributed by atoms with Crippen LogP contribution in [0.4, 0.5) is 0 Å². The highest BCUT2D eigenvalue weighted by molar-refractivity contribution is 7.11. The molecule has 2 aromatic rings. The van der Waals surface area contributed by atoms with E-state index in [1.54, 1.807) is 5.51 Å². The number of hydrogen-bond donors (Lipinski definition) is 0. The second kappa shape index (κ2) is 5.05.